The number of hydrogen-bond donors (Lipinski definition) is 0. The molecule has 5 aromatic rings. The minimum absolute atomic E-state index is 0.00159. The molecule has 5 heterocycles. The number of alkyl halides is 5. The first-order valence-corrected chi connectivity index (χ1v) is 23.7. The summed E-state index contributed by atoms with van der Waals surface area (Å²) in [4.78, 5) is 20.9. The van der Waals surface area contributed by atoms with Crippen molar-refractivity contribution in [1.82, 2.24) is 29.4 Å². The molecule has 0 bridgehead atoms. The molecule has 2 aromatic heterocycles. The van der Waals surface area contributed by atoms with Crippen LogP contribution in [0.25, 0.3) is 11.1 Å². The van der Waals surface area contributed by atoms with E-state index in [9.17, 15) is 26.7 Å². The van der Waals surface area contributed by atoms with Crippen molar-refractivity contribution in [3.63, 3.8) is 0 Å². The molecule has 0 saturated carbocycles. The van der Waals surface area contributed by atoms with Crippen molar-refractivity contribution in [1.29, 1.82) is 5.26 Å². The first kappa shape index (κ1) is 48.5. The van der Waals surface area contributed by atoms with E-state index in [0.29, 0.717) is 81.5 Å². The van der Waals surface area contributed by atoms with Gasteiger partial charge < -0.3 is 29.1 Å². The first-order chi connectivity index (χ1) is 32.8. The van der Waals surface area contributed by atoms with Gasteiger partial charge in [-0.15, -0.1) is 0 Å². The number of likely N-dealkylation sites (tertiary alicyclic amines) is 1. The maximum absolute atomic E-state index is 14.7. The number of hydrogen-bond acceptors (Lipinski definition) is 9. The monoisotopic (exact) mass is 941 g/mol. The van der Waals surface area contributed by atoms with Gasteiger partial charge in [0.1, 0.15) is 12.4 Å². The summed E-state index contributed by atoms with van der Waals surface area (Å²) in [5.74, 6) is 1.77. The second-order valence-electron chi connectivity index (χ2n) is 18.1. The molecule has 0 aliphatic carbocycles. The van der Waals surface area contributed by atoms with Crippen molar-refractivity contribution in [2.24, 2.45) is 7.05 Å². The molecule has 2 fully saturated rings. The molecule has 0 spiro atoms. The van der Waals surface area contributed by atoms with Crippen LogP contribution in [0.1, 0.15) is 104 Å². The Morgan fingerprint density at radius 2 is 1.72 bits per heavy atom. The van der Waals surface area contributed by atoms with Crippen LogP contribution in [0.4, 0.5) is 39.1 Å². The quantitative estimate of drug-likeness (QED) is 0.0665. The highest BCUT2D eigenvalue weighted by Crippen LogP contribution is 2.41. The number of carbonyl (C=O) groups excluding carboxylic acids is 1. The third-order valence-corrected chi connectivity index (χ3v) is 13.7. The predicted molar refractivity (Wildman–Crippen MR) is 250 cm³/mol. The molecule has 8 rings (SSSR count). The van der Waals surface area contributed by atoms with Crippen molar-refractivity contribution < 1.29 is 36.2 Å². The lowest BCUT2D eigenvalue weighted by Gasteiger charge is -2.34. The number of carbonyl (C=O) groups is 1. The summed E-state index contributed by atoms with van der Waals surface area (Å²) in [6, 6.07) is 19.0. The fraction of sp³-hybridized carbons (Fsp3) is 0.490. The van der Waals surface area contributed by atoms with Crippen LogP contribution in [0, 0.1) is 11.3 Å². The van der Waals surface area contributed by atoms with E-state index in [4.69, 9.17) is 19.8 Å². The highest BCUT2D eigenvalue weighted by molar-refractivity contribution is 5.76. The zero-order valence-corrected chi connectivity index (χ0v) is 39.0. The van der Waals surface area contributed by atoms with Gasteiger partial charge in [0.2, 0.25) is 5.91 Å². The maximum Gasteiger partial charge on any atom is 0.417 e. The molecule has 12 nitrogen and oxygen atoms in total. The Bertz CT molecular complexity index is 2540. The van der Waals surface area contributed by atoms with Crippen molar-refractivity contribution >= 4 is 23.1 Å². The molecule has 0 N–H and O–H groups in total. The van der Waals surface area contributed by atoms with E-state index in [0.717, 1.165) is 87.1 Å². The summed E-state index contributed by atoms with van der Waals surface area (Å²) >= 11 is 0. The number of fused-ring (bicyclic) bond motifs is 1. The molecule has 0 unspecified atom stereocenters. The number of aromatic nitrogens is 4. The number of benzene rings is 3. The van der Waals surface area contributed by atoms with Crippen LogP contribution in [0.5, 0.6) is 5.75 Å². The van der Waals surface area contributed by atoms with Crippen molar-refractivity contribution in [2.75, 3.05) is 75.4 Å². The number of unbranched alkanes of at least 4 members (excludes halogenated alkanes) is 1. The van der Waals surface area contributed by atoms with Gasteiger partial charge in [-0.25, -0.2) is 8.78 Å². The number of nitriles is 1. The van der Waals surface area contributed by atoms with Crippen LogP contribution in [0.2, 0.25) is 0 Å². The van der Waals surface area contributed by atoms with Crippen LogP contribution >= 0.6 is 0 Å². The van der Waals surface area contributed by atoms with E-state index >= 15 is 0 Å². The molecular weight excluding hydrogens is 882 g/mol. The number of nitrogens with zero attached hydrogens (tertiary/aromatic N) is 9. The second-order valence-corrected chi connectivity index (χ2v) is 18.1. The molecule has 17 heteroatoms. The largest absolute Gasteiger partial charge is 0.491 e. The van der Waals surface area contributed by atoms with Gasteiger partial charge in [-0.05, 0) is 91.6 Å². The number of halogens is 5. The zero-order chi connectivity index (χ0) is 48.0. The van der Waals surface area contributed by atoms with E-state index < -0.39 is 18.2 Å². The lowest BCUT2D eigenvalue weighted by atomic mass is 9.89. The number of anilines is 3. The maximum atomic E-state index is 14.7. The Balaban J connectivity index is 0.821. The van der Waals surface area contributed by atoms with Gasteiger partial charge in [0.25, 0.3) is 6.43 Å². The lowest BCUT2D eigenvalue weighted by molar-refractivity contribution is -0.137. The molecule has 2 saturated heterocycles. The van der Waals surface area contributed by atoms with Gasteiger partial charge in [-0.2, -0.15) is 28.6 Å². The number of ether oxygens (including phenoxy) is 2. The Morgan fingerprint density at radius 3 is 2.38 bits per heavy atom. The first-order valence-electron chi connectivity index (χ1n) is 23.7. The fourth-order valence-corrected chi connectivity index (χ4v) is 9.88. The van der Waals surface area contributed by atoms with E-state index in [2.05, 4.69) is 38.6 Å². The second kappa shape index (κ2) is 21.5. The average molecular weight is 942 g/mol. The smallest absolute Gasteiger partial charge is 0.417 e. The highest BCUT2D eigenvalue weighted by Gasteiger charge is 2.36. The van der Waals surface area contributed by atoms with E-state index in [1.54, 1.807) is 55.3 Å². The molecule has 0 radical (unpaired) electrons. The molecule has 3 aliphatic rings. The molecule has 362 valence electrons. The van der Waals surface area contributed by atoms with E-state index in [1.165, 1.54) is 11.6 Å². The van der Waals surface area contributed by atoms with Crippen LogP contribution in [-0.4, -0.2) is 101 Å². The standard InChI is InChI=1S/C51H60F5N9O3/c1-4-5-19-64(42-10-13-44(45(29-42)49(52)53)39-32-58-60(3)33-39)50-46-34-63(35(2)66)24-18-48(46)65(59-50)40-16-20-61(21-17-40)25-26-67-27-28-68-43-11-7-36(8-12-43)37-14-22-62(23-15-37)41-9-6-38(31-57)47(30-41)51(54,55)56/h6-13,29-30,32-33,37,40,49H,4-5,14-28,34H2,1-3H3. The summed E-state index contributed by atoms with van der Waals surface area (Å²) < 4.78 is 85.7. The van der Waals surface area contributed by atoms with Gasteiger partial charge in [-0.3, -0.25) is 14.2 Å². The van der Waals surface area contributed by atoms with Crippen LogP contribution in [0.3, 0.4) is 0 Å². The topological polar surface area (TPSA) is 108 Å². The van der Waals surface area contributed by atoms with Crippen LogP contribution in [0.15, 0.2) is 73.1 Å². The molecule has 1 amide bonds. The van der Waals surface area contributed by atoms with Crippen molar-refractivity contribution in [2.45, 2.75) is 89.9 Å². The fourth-order valence-electron chi connectivity index (χ4n) is 9.88. The SMILES string of the molecule is CCCCN(c1ccc(-c2cnn(C)c2)c(C(F)F)c1)c1nn(C2CCN(CCOCCOc3ccc(C4CCN(c5ccc(C#N)c(C(F)(F)F)c5)CC4)cc3)CC2)c2c1CN(C(C)=O)CC2. The molecule has 0 atom stereocenters. The summed E-state index contributed by atoms with van der Waals surface area (Å²) in [5, 5.41) is 18.7. The number of piperidine rings is 2. The number of rotatable bonds is 17. The minimum atomic E-state index is -4.58. The molecule has 3 aliphatic heterocycles. The molecule has 3 aromatic carbocycles. The van der Waals surface area contributed by atoms with Gasteiger partial charge in [0, 0.05) is 106 Å². The Kier molecular flexibility index (Phi) is 15.3. The third kappa shape index (κ3) is 11.1. The predicted octanol–water partition coefficient (Wildman–Crippen LogP) is 10.1. The lowest BCUT2D eigenvalue weighted by Crippen LogP contribution is -2.38. The van der Waals surface area contributed by atoms with E-state index in [-0.39, 0.29) is 29.0 Å². The number of amides is 1. The Morgan fingerprint density at radius 1 is 0.956 bits per heavy atom. The van der Waals surface area contributed by atoms with Gasteiger partial charge in [0.05, 0.1) is 49.2 Å². The summed E-state index contributed by atoms with van der Waals surface area (Å²) in [6.07, 6.45) is 1.89. The van der Waals surface area contributed by atoms with Gasteiger partial charge in [0.15, 0.2) is 5.82 Å². The van der Waals surface area contributed by atoms with Crippen molar-refractivity contribution in [3.05, 3.63) is 107 Å². The zero-order valence-electron chi connectivity index (χ0n) is 39.0. The average Bonchev–Trinajstić information content (AvgIpc) is 3.96. The van der Waals surface area contributed by atoms with Gasteiger partial charge in [-0.1, -0.05) is 31.5 Å². The summed E-state index contributed by atoms with van der Waals surface area (Å²) in [5.41, 5.74) is 4.17. The van der Waals surface area contributed by atoms with Crippen molar-refractivity contribution in [3.8, 4) is 22.9 Å². The van der Waals surface area contributed by atoms with Gasteiger partial charge >= 0.3 is 6.18 Å². The summed E-state index contributed by atoms with van der Waals surface area (Å²) in [6.45, 7) is 10.5. The van der Waals surface area contributed by atoms with Crippen LogP contribution in [-0.2, 0) is 35.7 Å². The Hall–Kier alpha value is -5.99. The number of aryl methyl sites for hydroxylation is 1. The highest BCUT2D eigenvalue weighted by atomic mass is 19.4. The minimum Gasteiger partial charge on any atom is -0.491 e. The van der Waals surface area contributed by atoms with Crippen LogP contribution < -0.4 is 14.5 Å². The normalized spacial score (nSPS) is 16.3. The molecular formula is C51H60F5N9O3. The molecule has 68 heavy (non-hydrogen) atoms. The summed E-state index contributed by atoms with van der Waals surface area (Å²) in [7, 11) is 1.76. The Labute approximate surface area is 394 Å². The third-order valence-electron chi connectivity index (χ3n) is 13.7. The van der Waals surface area contributed by atoms with E-state index in [1.807, 2.05) is 28.0 Å².